The summed E-state index contributed by atoms with van der Waals surface area (Å²) in [6, 6.07) is 7.76. The molecule has 1 aliphatic rings. The van der Waals surface area contributed by atoms with Crippen LogP contribution in [0.25, 0.3) is 0 Å². The number of hydrogen-bond donors (Lipinski definition) is 1. The van der Waals surface area contributed by atoms with Crippen LogP contribution in [0.1, 0.15) is 15.9 Å². The maximum Gasteiger partial charge on any atom is 0.343 e. The van der Waals surface area contributed by atoms with Crippen molar-refractivity contribution in [2.45, 2.75) is 13.2 Å². The molecule has 7 heteroatoms. The number of esters is 1. The molecule has 0 radical (unpaired) electrons. The summed E-state index contributed by atoms with van der Waals surface area (Å²) >= 11 is 6.18. The first-order valence-electron chi connectivity index (χ1n) is 6.53. The predicted octanol–water partition coefficient (Wildman–Crippen LogP) is 2.17. The summed E-state index contributed by atoms with van der Waals surface area (Å²) in [4.78, 5) is 13.8. The van der Waals surface area contributed by atoms with Gasteiger partial charge in [0, 0.05) is 11.6 Å². The number of carbonyl (C=O) groups excluding carboxylic acids is 1. The molecule has 2 heterocycles. The molecule has 21 heavy (non-hydrogen) atoms. The summed E-state index contributed by atoms with van der Waals surface area (Å²) in [6.45, 7) is 1.91. The lowest BCUT2D eigenvalue weighted by molar-refractivity contribution is 0.0601. The van der Waals surface area contributed by atoms with E-state index in [0.29, 0.717) is 31.3 Å². The van der Waals surface area contributed by atoms with Gasteiger partial charge in [0.25, 0.3) is 0 Å². The van der Waals surface area contributed by atoms with E-state index in [1.54, 1.807) is 4.68 Å². The number of aromatic nitrogens is 2. The normalized spacial score (nSPS) is 14.4. The molecule has 2 aromatic rings. The molecule has 1 aliphatic heterocycles. The molecule has 110 valence electrons. The first-order valence-corrected chi connectivity index (χ1v) is 6.90. The number of rotatable bonds is 3. The number of carbonyl (C=O) groups is 1. The Morgan fingerprint density at radius 3 is 3.05 bits per heavy atom. The highest BCUT2D eigenvalue weighted by Crippen LogP contribution is 2.23. The summed E-state index contributed by atoms with van der Waals surface area (Å²) < 4.78 is 6.48. The Hall–Kier alpha value is -2.05. The maximum atomic E-state index is 11.6. The third-order valence-electron chi connectivity index (χ3n) is 3.40. The molecule has 0 aliphatic carbocycles. The third-order valence-corrected chi connectivity index (χ3v) is 3.77. The first-order chi connectivity index (χ1) is 10.2. The molecule has 1 aromatic carbocycles. The van der Waals surface area contributed by atoms with E-state index in [1.807, 2.05) is 24.3 Å². The summed E-state index contributed by atoms with van der Waals surface area (Å²) in [7, 11) is 1.36. The van der Waals surface area contributed by atoms with Crippen molar-refractivity contribution in [3.05, 3.63) is 46.6 Å². The van der Waals surface area contributed by atoms with Crippen LogP contribution in [0.3, 0.4) is 0 Å². The first kappa shape index (κ1) is 13.9. The minimum absolute atomic E-state index is 0.386. The number of benzene rings is 1. The van der Waals surface area contributed by atoms with Gasteiger partial charge in [-0.3, -0.25) is 4.90 Å². The summed E-state index contributed by atoms with van der Waals surface area (Å²) in [5.74, 6) is 0.306. The van der Waals surface area contributed by atoms with E-state index in [-0.39, 0.29) is 5.97 Å². The zero-order valence-electron chi connectivity index (χ0n) is 11.5. The van der Waals surface area contributed by atoms with Gasteiger partial charge in [0.15, 0.2) is 0 Å². The van der Waals surface area contributed by atoms with E-state index in [0.717, 1.165) is 10.6 Å². The van der Waals surface area contributed by atoms with Crippen molar-refractivity contribution in [1.29, 1.82) is 0 Å². The molecule has 0 bridgehead atoms. The minimum atomic E-state index is -0.386. The van der Waals surface area contributed by atoms with Gasteiger partial charge >= 0.3 is 5.97 Å². The summed E-state index contributed by atoms with van der Waals surface area (Å²) in [5.41, 5.74) is 1.51. The fourth-order valence-corrected chi connectivity index (χ4v) is 2.53. The molecule has 0 saturated heterocycles. The molecule has 0 saturated carbocycles. The van der Waals surface area contributed by atoms with Crippen LogP contribution in [0.2, 0.25) is 5.02 Å². The monoisotopic (exact) mass is 306 g/mol. The van der Waals surface area contributed by atoms with Crippen molar-refractivity contribution in [3.8, 4) is 0 Å². The largest absolute Gasteiger partial charge is 0.465 e. The van der Waals surface area contributed by atoms with Crippen molar-refractivity contribution in [3.63, 3.8) is 0 Å². The molecular formula is C14H15ClN4O2. The van der Waals surface area contributed by atoms with Crippen LogP contribution >= 0.6 is 11.6 Å². The average molecular weight is 307 g/mol. The predicted molar refractivity (Wildman–Crippen MR) is 79.1 cm³/mol. The van der Waals surface area contributed by atoms with E-state index >= 15 is 0 Å². The molecule has 0 amide bonds. The van der Waals surface area contributed by atoms with Gasteiger partial charge in [-0.1, -0.05) is 29.8 Å². The zero-order chi connectivity index (χ0) is 14.8. The van der Waals surface area contributed by atoms with Crippen molar-refractivity contribution >= 4 is 23.4 Å². The Bertz CT molecular complexity index is 671. The van der Waals surface area contributed by atoms with Gasteiger partial charge < -0.3 is 10.1 Å². The Morgan fingerprint density at radius 1 is 1.48 bits per heavy atom. The van der Waals surface area contributed by atoms with Gasteiger partial charge in [0.2, 0.25) is 0 Å². The summed E-state index contributed by atoms with van der Waals surface area (Å²) in [6.07, 6.45) is 1.52. The lowest BCUT2D eigenvalue weighted by atomic mass is 10.2. The molecule has 6 nitrogen and oxygen atoms in total. The van der Waals surface area contributed by atoms with Crippen LogP contribution in [0, 0.1) is 0 Å². The van der Waals surface area contributed by atoms with Crippen LogP contribution in [0.5, 0.6) is 0 Å². The Labute approximate surface area is 127 Å². The third kappa shape index (κ3) is 2.72. The highest BCUT2D eigenvalue weighted by molar-refractivity contribution is 6.31. The van der Waals surface area contributed by atoms with Crippen LogP contribution in [-0.4, -0.2) is 34.4 Å². The Morgan fingerprint density at radius 2 is 2.29 bits per heavy atom. The van der Waals surface area contributed by atoms with Crippen molar-refractivity contribution in [2.75, 3.05) is 19.1 Å². The quantitative estimate of drug-likeness (QED) is 0.881. The standard InChI is InChI=1S/C14H15ClN4O2/c1-21-14(20)11-6-17-19-9-18(8-16-13(11)19)7-10-4-2-3-5-12(10)15/h2-6,16H,7-9H2,1H3. The van der Waals surface area contributed by atoms with E-state index in [2.05, 4.69) is 15.3 Å². The number of anilines is 1. The van der Waals surface area contributed by atoms with E-state index in [1.165, 1.54) is 13.3 Å². The topological polar surface area (TPSA) is 59.4 Å². The molecule has 0 atom stereocenters. The molecule has 0 unspecified atom stereocenters. The molecular weight excluding hydrogens is 292 g/mol. The van der Waals surface area contributed by atoms with Crippen molar-refractivity contribution in [2.24, 2.45) is 0 Å². The number of methoxy groups -OCH3 is 1. The lowest BCUT2D eigenvalue weighted by Crippen LogP contribution is -2.37. The van der Waals surface area contributed by atoms with Gasteiger partial charge in [-0.2, -0.15) is 5.10 Å². The van der Waals surface area contributed by atoms with Gasteiger partial charge in [0.1, 0.15) is 11.4 Å². The van der Waals surface area contributed by atoms with Crippen molar-refractivity contribution < 1.29 is 9.53 Å². The average Bonchev–Trinajstić information content (AvgIpc) is 2.92. The lowest BCUT2D eigenvalue weighted by Gasteiger charge is -2.29. The minimum Gasteiger partial charge on any atom is -0.465 e. The molecule has 3 rings (SSSR count). The second kappa shape index (κ2) is 5.75. The number of halogens is 1. The second-order valence-corrected chi connectivity index (χ2v) is 5.20. The number of hydrogen-bond acceptors (Lipinski definition) is 5. The van der Waals surface area contributed by atoms with Crippen LogP contribution in [0.15, 0.2) is 30.5 Å². The van der Waals surface area contributed by atoms with Crippen LogP contribution < -0.4 is 5.32 Å². The van der Waals surface area contributed by atoms with E-state index in [4.69, 9.17) is 16.3 Å². The zero-order valence-corrected chi connectivity index (χ0v) is 12.3. The number of fused-ring (bicyclic) bond motifs is 1. The second-order valence-electron chi connectivity index (χ2n) is 4.79. The fraction of sp³-hybridized carbons (Fsp3) is 0.286. The fourth-order valence-electron chi connectivity index (χ4n) is 2.34. The van der Waals surface area contributed by atoms with E-state index < -0.39 is 0 Å². The van der Waals surface area contributed by atoms with Gasteiger partial charge in [-0.05, 0) is 11.6 Å². The van der Waals surface area contributed by atoms with Gasteiger partial charge in [-0.15, -0.1) is 0 Å². The highest BCUT2D eigenvalue weighted by Gasteiger charge is 2.23. The highest BCUT2D eigenvalue weighted by atomic mass is 35.5. The number of ether oxygens (including phenoxy) is 1. The molecule has 1 aromatic heterocycles. The van der Waals surface area contributed by atoms with E-state index in [9.17, 15) is 4.79 Å². The molecule has 1 N–H and O–H groups in total. The smallest absolute Gasteiger partial charge is 0.343 e. The van der Waals surface area contributed by atoms with Gasteiger partial charge in [-0.25, -0.2) is 9.48 Å². The van der Waals surface area contributed by atoms with Crippen LogP contribution in [-0.2, 0) is 18.0 Å². The van der Waals surface area contributed by atoms with Crippen molar-refractivity contribution in [1.82, 2.24) is 14.7 Å². The number of nitrogens with one attached hydrogen (secondary N) is 1. The number of nitrogens with zero attached hydrogens (tertiary/aromatic N) is 3. The Balaban J connectivity index is 1.75. The molecule has 0 spiro atoms. The van der Waals surface area contributed by atoms with Crippen LogP contribution in [0.4, 0.5) is 5.82 Å². The SMILES string of the molecule is COC(=O)c1cnn2c1NCN(Cc1ccccc1Cl)C2. The molecule has 0 fully saturated rings. The Kier molecular flexibility index (Phi) is 3.81. The van der Waals surface area contributed by atoms with Gasteiger partial charge in [0.05, 0.1) is 26.6 Å². The summed E-state index contributed by atoms with van der Waals surface area (Å²) in [5, 5.41) is 8.17. The maximum absolute atomic E-state index is 11.6.